The number of anilines is 1. The van der Waals surface area contributed by atoms with Gasteiger partial charge in [0.2, 0.25) is 5.28 Å². The zero-order chi connectivity index (χ0) is 26.2. The maximum Gasteiger partial charge on any atom is 0.354 e. The van der Waals surface area contributed by atoms with Crippen molar-refractivity contribution in [1.82, 2.24) is 19.7 Å². The molecule has 0 radical (unpaired) electrons. The van der Waals surface area contributed by atoms with Gasteiger partial charge in [-0.05, 0) is 30.0 Å². The summed E-state index contributed by atoms with van der Waals surface area (Å²) < 4.78 is 39.6. The summed E-state index contributed by atoms with van der Waals surface area (Å²) in [4.78, 5) is 28.0. The summed E-state index contributed by atoms with van der Waals surface area (Å²) in [6.07, 6.45) is -0.405. The minimum atomic E-state index is -4.66. The Kier molecular flexibility index (Phi) is 7.78. The molecule has 5 atom stereocenters. The lowest BCUT2D eigenvalue weighted by Gasteiger charge is -2.22. The molecule has 2 aliphatic rings. The predicted molar refractivity (Wildman–Crippen MR) is 133 cm³/mol. The summed E-state index contributed by atoms with van der Waals surface area (Å²) in [5, 5.41) is 18.6. The highest BCUT2D eigenvalue weighted by Crippen LogP contribution is 2.44. The number of aliphatic hydroxyl groups is 1. The molecule has 14 heteroatoms. The normalized spacial score (nSPS) is 25.6. The summed E-state index contributed by atoms with van der Waals surface area (Å²) in [5.41, 5.74) is 0.894. The fraction of sp³-hybridized carbons (Fsp3) is 0.522. The molecule has 0 amide bonds. The minimum absolute atomic E-state index is 0.0472. The number of nitrogens with zero attached hydrogens (tertiary/aromatic N) is 4. The molecule has 5 rings (SSSR count). The van der Waals surface area contributed by atoms with Gasteiger partial charge in [0.25, 0.3) is 0 Å². The molecule has 1 saturated carbocycles. The van der Waals surface area contributed by atoms with Crippen LogP contribution in [-0.4, -0.2) is 71.5 Å². The highest BCUT2D eigenvalue weighted by Gasteiger charge is 2.47. The Morgan fingerprint density at radius 3 is 2.68 bits per heavy atom. The number of halogens is 2. The van der Waals surface area contributed by atoms with Gasteiger partial charge in [-0.15, -0.1) is 0 Å². The second-order valence-electron chi connectivity index (χ2n) is 9.36. The van der Waals surface area contributed by atoms with Crippen molar-refractivity contribution in [1.29, 1.82) is 0 Å². The second kappa shape index (κ2) is 10.9. The first kappa shape index (κ1) is 26.4. The molecule has 3 aromatic rings. The van der Waals surface area contributed by atoms with Gasteiger partial charge >= 0.3 is 7.60 Å². The van der Waals surface area contributed by atoms with Crippen LogP contribution < -0.4 is 5.32 Å². The van der Waals surface area contributed by atoms with E-state index in [2.05, 4.69) is 20.4 Å². The molecule has 0 bridgehead atoms. The Morgan fingerprint density at radius 1 is 1.24 bits per heavy atom. The van der Waals surface area contributed by atoms with Gasteiger partial charge < -0.3 is 29.7 Å². The van der Waals surface area contributed by atoms with Crippen molar-refractivity contribution in [2.45, 2.75) is 68.6 Å². The number of alkyl halides is 1. The van der Waals surface area contributed by atoms with E-state index in [4.69, 9.17) is 21.1 Å². The van der Waals surface area contributed by atoms with Gasteiger partial charge in [0, 0.05) is 12.5 Å². The molecule has 3 heterocycles. The Balaban J connectivity index is 1.32. The summed E-state index contributed by atoms with van der Waals surface area (Å²) in [6, 6.07) is 8.94. The van der Waals surface area contributed by atoms with Crippen LogP contribution in [0.25, 0.3) is 11.0 Å². The van der Waals surface area contributed by atoms with Crippen molar-refractivity contribution in [3.8, 4) is 0 Å². The van der Waals surface area contributed by atoms with Gasteiger partial charge in [-0.2, -0.15) is 15.1 Å². The molecule has 4 N–H and O–H groups in total. The van der Waals surface area contributed by atoms with Crippen molar-refractivity contribution in [2.75, 3.05) is 11.9 Å². The SMILES string of the molecule is O=P(O)(O)C(Cc1ccccc1)OC[C@H]1O[C@@H](n2ncc3c(NC4CCCC4)nc(Cl)nc32)[C@@H](F)[C@@H]1O. The number of nitrogens with one attached hydrogen (secondary N) is 1. The van der Waals surface area contributed by atoms with E-state index in [0.717, 1.165) is 25.7 Å². The average Bonchev–Trinajstić information content (AvgIpc) is 3.58. The maximum absolute atomic E-state index is 15.2. The van der Waals surface area contributed by atoms with Crippen molar-refractivity contribution >= 4 is 36.0 Å². The van der Waals surface area contributed by atoms with Crippen LogP contribution in [0.2, 0.25) is 5.28 Å². The van der Waals surface area contributed by atoms with Crippen molar-refractivity contribution < 1.29 is 33.3 Å². The topological polar surface area (TPSA) is 152 Å². The van der Waals surface area contributed by atoms with Gasteiger partial charge in [0.15, 0.2) is 23.9 Å². The summed E-state index contributed by atoms with van der Waals surface area (Å²) in [7, 11) is -4.66. The Hall–Kier alpha value is -2.18. The van der Waals surface area contributed by atoms with Gasteiger partial charge in [-0.25, -0.2) is 9.07 Å². The molecule has 1 unspecified atom stereocenters. The minimum Gasteiger partial charge on any atom is -0.387 e. The first-order valence-electron chi connectivity index (χ1n) is 12.1. The average molecular weight is 556 g/mol. The number of hydrogen-bond acceptors (Lipinski definition) is 8. The summed E-state index contributed by atoms with van der Waals surface area (Å²) in [6.45, 7) is -0.440. The van der Waals surface area contributed by atoms with E-state index >= 15 is 4.39 Å². The van der Waals surface area contributed by atoms with Gasteiger partial charge in [-0.3, -0.25) is 4.57 Å². The van der Waals surface area contributed by atoms with Crippen LogP contribution in [0.3, 0.4) is 0 Å². The Labute approximate surface area is 217 Å². The molecule has 0 spiro atoms. The molecular formula is C23H28ClFN5O6P. The molecule has 1 saturated heterocycles. The largest absolute Gasteiger partial charge is 0.387 e. The highest BCUT2D eigenvalue weighted by molar-refractivity contribution is 7.52. The van der Waals surface area contributed by atoms with Crippen LogP contribution >= 0.6 is 19.2 Å². The maximum atomic E-state index is 15.2. The third kappa shape index (κ3) is 5.80. The fourth-order valence-electron chi connectivity index (χ4n) is 4.79. The first-order valence-corrected chi connectivity index (χ1v) is 14.1. The number of ether oxygens (including phenoxy) is 2. The van der Waals surface area contributed by atoms with Crippen LogP contribution in [0, 0.1) is 0 Å². The summed E-state index contributed by atoms with van der Waals surface area (Å²) >= 11 is 6.15. The number of benzene rings is 1. The lowest BCUT2D eigenvalue weighted by molar-refractivity contribution is -0.0735. The molecule has 1 aromatic carbocycles. The van der Waals surface area contributed by atoms with Crippen molar-refractivity contribution in [3.05, 3.63) is 47.4 Å². The first-order chi connectivity index (χ1) is 17.7. The molecular weight excluding hydrogens is 528 g/mol. The molecule has 11 nitrogen and oxygen atoms in total. The van der Waals surface area contributed by atoms with Crippen LogP contribution in [0.5, 0.6) is 0 Å². The molecule has 1 aliphatic heterocycles. The predicted octanol–water partition coefficient (Wildman–Crippen LogP) is 3.19. The van der Waals surface area contributed by atoms with E-state index < -0.39 is 44.7 Å². The standard InChI is InChI=1S/C23H28ClFN5O6P/c24-23-28-20(27-14-8-4-5-9-14)15-11-26-30(21(15)29-23)22-18(25)19(31)16(36-22)12-35-17(37(32,33)34)10-13-6-2-1-3-7-13/h1-3,6-7,11,14,16-19,22,31H,4-5,8-10,12H2,(H,27,28,29)(H2,32,33,34)/t16-,17?,18+,19-,22-/m1/s1. The molecule has 2 aromatic heterocycles. The molecule has 2 fully saturated rings. The zero-order valence-corrected chi connectivity index (χ0v) is 21.4. The highest BCUT2D eigenvalue weighted by atomic mass is 35.5. The number of aliphatic hydroxyl groups excluding tert-OH is 1. The zero-order valence-electron chi connectivity index (χ0n) is 19.7. The Bertz CT molecular complexity index is 1270. The third-order valence-electron chi connectivity index (χ3n) is 6.74. The number of fused-ring (bicyclic) bond motifs is 1. The van der Waals surface area contributed by atoms with Crippen LogP contribution in [0.1, 0.15) is 37.5 Å². The molecule has 37 heavy (non-hydrogen) atoms. The lowest BCUT2D eigenvalue weighted by Crippen LogP contribution is -2.33. The van der Waals surface area contributed by atoms with E-state index in [9.17, 15) is 19.5 Å². The third-order valence-corrected chi connectivity index (χ3v) is 7.99. The monoisotopic (exact) mass is 555 g/mol. The fourth-order valence-corrected chi connectivity index (χ4v) is 5.69. The van der Waals surface area contributed by atoms with Crippen molar-refractivity contribution in [3.63, 3.8) is 0 Å². The van der Waals surface area contributed by atoms with Gasteiger partial charge in [0.1, 0.15) is 18.0 Å². The van der Waals surface area contributed by atoms with E-state index in [1.165, 1.54) is 10.9 Å². The van der Waals surface area contributed by atoms with Crippen LogP contribution in [-0.2, 0) is 20.5 Å². The summed E-state index contributed by atoms with van der Waals surface area (Å²) in [5.74, 6) is -0.989. The van der Waals surface area contributed by atoms with Gasteiger partial charge in [0.05, 0.1) is 18.2 Å². The lowest BCUT2D eigenvalue weighted by atomic mass is 10.1. The van der Waals surface area contributed by atoms with Crippen LogP contribution in [0.15, 0.2) is 36.5 Å². The van der Waals surface area contributed by atoms with E-state index in [1.807, 2.05) is 0 Å². The van der Waals surface area contributed by atoms with Crippen molar-refractivity contribution in [2.24, 2.45) is 0 Å². The second-order valence-corrected chi connectivity index (χ2v) is 11.5. The van der Waals surface area contributed by atoms with Gasteiger partial charge in [-0.1, -0.05) is 43.2 Å². The number of hydrogen-bond donors (Lipinski definition) is 4. The van der Waals surface area contributed by atoms with E-state index in [0.29, 0.717) is 16.8 Å². The number of rotatable bonds is 9. The molecule has 200 valence electrons. The Morgan fingerprint density at radius 2 is 1.97 bits per heavy atom. The smallest absolute Gasteiger partial charge is 0.354 e. The van der Waals surface area contributed by atoms with Crippen LogP contribution in [0.4, 0.5) is 10.2 Å². The molecule has 1 aliphatic carbocycles. The van der Waals surface area contributed by atoms with E-state index in [1.54, 1.807) is 30.3 Å². The van der Waals surface area contributed by atoms with E-state index in [-0.39, 0.29) is 23.4 Å². The number of aromatic nitrogens is 4. The quantitative estimate of drug-likeness (QED) is 0.229.